The first kappa shape index (κ1) is 22.5. The van der Waals surface area contributed by atoms with Crippen molar-refractivity contribution in [2.75, 3.05) is 13.2 Å². The van der Waals surface area contributed by atoms with Crippen LogP contribution in [0.25, 0.3) is 6.08 Å². The van der Waals surface area contributed by atoms with E-state index in [0.717, 1.165) is 27.4 Å². The fourth-order valence-electron chi connectivity index (χ4n) is 3.77. The van der Waals surface area contributed by atoms with Crippen molar-refractivity contribution in [3.8, 4) is 0 Å². The molecule has 0 fully saturated rings. The molecule has 3 aromatic rings. The van der Waals surface area contributed by atoms with E-state index < -0.39 is 5.97 Å². The van der Waals surface area contributed by atoms with Crippen LogP contribution in [0.15, 0.2) is 54.6 Å². The molecule has 0 N–H and O–H groups in total. The Labute approximate surface area is 196 Å². The SMILES string of the molecule is Cc1nn(Cc2ccccc2Cl)c(C)c1C=CC(=O)OCCN1C(=O)c2ccccc2C1=O. The zero-order valence-corrected chi connectivity index (χ0v) is 19.0. The van der Waals surface area contributed by atoms with Crippen molar-refractivity contribution < 1.29 is 19.1 Å². The molecule has 2 heterocycles. The number of aryl methyl sites for hydroxylation is 1. The first-order valence-electron chi connectivity index (χ1n) is 10.4. The normalized spacial score (nSPS) is 13.1. The summed E-state index contributed by atoms with van der Waals surface area (Å²) in [5, 5.41) is 5.22. The van der Waals surface area contributed by atoms with Gasteiger partial charge >= 0.3 is 5.97 Å². The number of amides is 2. The molecular formula is C25H22ClN3O4. The third-order valence-corrected chi connectivity index (χ3v) is 5.91. The van der Waals surface area contributed by atoms with E-state index in [4.69, 9.17) is 16.3 Å². The molecule has 33 heavy (non-hydrogen) atoms. The molecule has 8 heteroatoms. The predicted molar refractivity (Wildman–Crippen MR) is 124 cm³/mol. The second-order valence-corrected chi connectivity index (χ2v) is 8.05. The number of rotatable bonds is 7. The van der Waals surface area contributed by atoms with Gasteiger partial charge in [0.15, 0.2) is 0 Å². The van der Waals surface area contributed by atoms with Crippen molar-refractivity contribution in [1.29, 1.82) is 0 Å². The summed E-state index contributed by atoms with van der Waals surface area (Å²) < 4.78 is 7.04. The maximum atomic E-state index is 12.4. The van der Waals surface area contributed by atoms with E-state index in [2.05, 4.69) is 5.10 Å². The number of hydrogen-bond acceptors (Lipinski definition) is 5. The van der Waals surface area contributed by atoms with Gasteiger partial charge in [-0.25, -0.2) is 4.79 Å². The third kappa shape index (κ3) is 4.59. The Morgan fingerprint density at radius 3 is 2.33 bits per heavy atom. The highest BCUT2D eigenvalue weighted by Gasteiger charge is 2.34. The number of hydrogen-bond donors (Lipinski definition) is 0. The van der Waals surface area contributed by atoms with Gasteiger partial charge in [-0.05, 0) is 43.7 Å². The van der Waals surface area contributed by atoms with Gasteiger partial charge in [0.2, 0.25) is 0 Å². The Bertz CT molecular complexity index is 1240. The largest absolute Gasteiger partial charge is 0.461 e. The Morgan fingerprint density at radius 2 is 1.67 bits per heavy atom. The van der Waals surface area contributed by atoms with Gasteiger partial charge in [-0.3, -0.25) is 19.2 Å². The molecule has 0 saturated carbocycles. The molecule has 2 aromatic carbocycles. The Morgan fingerprint density at radius 1 is 1.03 bits per heavy atom. The monoisotopic (exact) mass is 463 g/mol. The standard InChI is InChI=1S/C25H22ClN3O4/c1-16-19(17(2)29(27-16)15-18-7-3-6-10-22(18)26)11-12-23(30)33-14-13-28-24(31)20-8-4-5-9-21(20)25(28)32/h3-12H,13-15H2,1-2H3. The topological polar surface area (TPSA) is 81.5 Å². The van der Waals surface area contributed by atoms with Crippen LogP contribution < -0.4 is 0 Å². The van der Waals surface area contributed by atoms with E-state index in [9.17, 15) is 14.4 Å². The molecule has 1 aromatic heterocycles. The van der Waals surface area contributed by atoms with Gasteiger partial charge in [0.25, 0.3) is 11.8 Å². The minimum atomic E-state index is -0.565. The van der Waals surface area contributed by atoms with Crippen molar-refractivity contribution in [1.82, 2.24) is 14.7 Å². The molecule has 1 aliphatic heterocycles. The first-order valence-corrected chi connectivity index (χ1v) is 10.8. The lowest BCUT2D eigenvalue weighted by Crippen LogP contribution is -2.33. The highest BCUT2D eigenvalue weighted by molar-refractivity contribution is 6.31. The number of esters is 1. The van der Waals surface area contributed by atoms with E-state index in [1.165, 1.54) is 6.08 Å². The molecule has 0 unspecified atom stereocenters. The summed E-state index contributed by atoms with van der Waals surface area (Å²) in [6.07, 6.45) is 2.98. The molecule has 0 aliphatic carbocycles. The Hall–Kier alpha value is -3.71. The molecule has 0 radical (unpaired) electrons. The van der Waals surface area contributed by atoms with Crippen LogP contribution in [0.5, 0.6) is 0 Å². The van der Waals surface area contributed by atoms with E-state index in [1.807, 2.05) is 42.8 Å². The molecular weight excluding hydrogens is 442 g/mol. The summed E-state index contributed by atoms with van der Waals surface area (Å²) in [5.41, 5.74) is 4.17. The van der Waals surface area contributed by atoms with Crippen molar-refractivity contribution >= 4 is 35.5 Å². The number of imide groups is 1. The molecule has 1 aliphatic rings. The van der Waals surface area contributed by atoms with E-state index in [-0.39, 0.29) is 25.0 Å². The van der Waals surface area contributed by atoms with Crippen molar-refractivity contribution in [3.05, 3.63) is 93.3 Å². The number of aromatic nitrogens is 2. The molecule has 2 amide bonds. The van der Waals surface area contributed by atoms with Gasteiger partial charge in [-0.15, -0.1) is 0 Å². The minimum absolute atomic E-state index is 0.000248. The number of fused-ring (bicyclic) bond motifs is 1. The summed E-state index contributed by atoms with van der Waals surface area (Å²) in [6.45, 7) is 4.22. The molecule has 0 spiro atoms. The molecule has 168 valence electrons. The quantitative estimate of drug-likeness (QED) is 0.300. The molecule has 0 bridgehead atoms. The second-order valence-electron chi connectivity index (χ2n) is 7.64. The summed E-state index contributed by atoms with van der Waals surface area (Å²) >= 11 is 6.25. The third-order valence-electron chi connectivity index (χ3n) is 5.54. The maximum Gasteiger partial charge on any atom is 0.330 e. The highest BCUT2D eigenvalue weighted by atomic mass is 35.5. The number of benzene rings is 2. The molecule has 0 saturated heterocycles. The first-order chi connectivity index (χ1) is 15.9. The van der Waals surface area contributed by atoms with E-state index in [1.54, 1.807) is 30.3 Å². The zero-order valence-electron chi connectivity index (χ0n) is 18.2. The van der Waals surface area contributed by atoms with E-state index >= 15 is 0 Å². The Kier molecular flexibility index (Phi) is 6.42. The lowest BCUT2D eigenvalue weighted by Gasteiger charge is -2.13. The van der Waals surface area contributed by atoms with Crippen LogP contribution in [0.1, 0.15) is 43.2 Å². The Balaban J connectivity index is 1.35. The number of halogens is 1. The van der Waals surface area contributed by atoms with Gasteiger partial charge in [0.1, 0.15) is 6.61 Å². The van der Waals surface area contributed by atoms with Gasteiger partial charge in [0.05, 0.1) is 29.9 Å². The van der Waals surface area contributed by atoms with Crippen LogP contribution in [0.2, 0.25) is 5.02 Å². The maximum absolute atomic E-state index is 12.4. The van der Waals surface area contributed by atoms with Gasteiger partial charge in [0, 0.05) is 22.4 Å². The van der Waals surface area contributed by atoms with Crippen LogP contribution in [0.3, 0.4) is 0 Å². The zero-order chi connectivity index (χ0) is 23.5. The van der Waals surface area contributed by atoms with Crippen molar-refractivity contribution in [3.63, 3.8) is 0 Å². The lowest BCUT2D eigenvalue weighted by molar-refractivity contribution is -0.137. The van der Waals surface area contributed by atoms with E-state index in [0.29, 0.717) is 22.7 Å². The lowest BCUT2D eigenvalue weighted by atomic mass is 10.1. The average molecular weight is 464 g/mol. The summed E-state index contributed by atoms with van der Waals surface area (Å²) in [4.78, 5) is 38.0. The number of carbonyl (C=O) groups excluding carboxylic acids is 3. The number of carbonyl (C=O) groups is 3. The van der Waals surface area contributed by atoms with Crippen LogP contribution in [0.4, 0.5) is 0 Å². The van der Waals surface area contributed by atoms with Crippen LogP contribution >= 0.6 is 11.6 Å². The molecule has 4 rings (SSSR count). The second kappa shape index (κ2) is 9.42. The van der Waals surface area contributed by atoms with Crippen molar-refractivity contribution in [2.45, 2.75) is 20.4 Å². The van der Waals surface area contributed by atoms with Gasteiger partial charge in [-0.2, -0.15) is 5.10 Å². The van der Waals surface area contributed by atoms with Crippen molar-refractivity contribution in [2.24, 2.45) is 0 Å². The van der Waals surface area contributed by atoms with Gasteiger partial charge in [-0.1, -0.05) is 41.9 Å². The molecule has 0 atom stereocenters. The fourth-order valence-corrected chi connectivity index (χ4v) is 3.97. The van der Waals surface area contributed by atoms with Crippen LogP contribution in [-0.2, 0) is 16.1 Å². The fraction of sp³-hybridized carbons (Fsp3) is 0.200. The summed E-state index contributed by atoms with van der Waals surface area (Å²) in [6, 6.07) is 14.2. The highest BCUT2D eigenvalue weighted by Crippen LogP contribution is 2.22. The predicted octanol–water partition coefficient (Wildman–Crippen LogP) is 4.05. The van der Waals surface area contributed by atoms with Gasteiger partial charge < -0.3 is 4.74 Å². The summed E-state index contributed by atoms with van der Waals surface area (Å²) in [5.74, 6) is -1.32. The summed E-state index contributed by atoms with van der Waals surface area (Å²) in [7, 11) is 0. The molecule has 7 nitrogen and oxygen atoms in total. The van der Waals surface area contributed by atoms with Crippen LogP contribution in [-0.4, -0.2) is 45.6 Å². The number of nitrogens with zero attached hydrogens (tertiary/aromatic N) is 3. The smallest absolute Gasteiger partial charge is 0.330 e. The minimum Gasteiger partial charge on any atom is -0.461 e. The average Bonchev–Trinajstić information content (AvgIpc) is 3.21. The van der Waals surface area contributed by atoms with Crippen LogP contribution in [0, 0.1) is 13.8 Å². The number of ether oxygens (including phenoxy) is 1.